The van der Waals surface area contributed by atoms with E-state index < -0.39 is 0 Å². The summed E-state index contributed by atoms with van der Waals surface area (Å²) in [6.45, 7) is 3.27. The number of aryl methyl sites for hydroxylation is 2. The largest absolute Gasteiger partial charge is 0.334 e. The van der Waals surface area contributed by atoms with Crippen molar-refractivity contribution in [2.24, 2.45) is 7.05 Å². The zero-order valence-corrected chi connectivity index (χ0v) is 11.9. The fourth-order valence-corrected chi connectivity index (χ4v) is 2.17. The summed E-state index contributed by atoms with van der Waals surface area (Å²) in [6, 6.07) is 1.90. The lowest BCUT2D eigenvalue weighted by molar-refractivity contribution is 0.0771. The van der Waals surface area contributed by atoms with Crippen LogP contribution in [-0.2, 0) is 20.1 Å². The number of rotatable bonds is 4. The van der Waals surface area contributed by atoms with Gasteiger partial charge in [-0.05, 0) is 13.0 Å². The molecule has 0 bridgehead atoms. The molecule has 2 aromatic heterocycles. The fourth-order valence-electron chi connectivity index (χ4n) is 1.93. The van der Waals surface area contributed by atoms with Crippen LogP contribution in [0.2, 0.25) is 5.02 Å². The summed E-state index contributed by atoms with van der Waals surface area (Å²) in [7, 11) is 3.43. The zero-order valence-electron chi connectivity index (χ0n) is 11.2. The molecule has 2 rings (SSSR count). The van der Waals surface area contributed by atoms with Gasteiger partial charge < -0.3 is 4.90 Å². The van der Waals surface area contributed by atoms with Crippen molar-refractivity contribution in [2.45, 2.75) is 20.0 Å². The molecule has 0 radical (unpaired) electrons. The SMILES string of the molecule is CCn1nccc1CN(C)C(=O)c1c(Cl)cnn1C. The third kappa shape index (κ3) is 2.63. The number of aromatic nitrogens is 4. The van der Waals surface area contributed by atoms with Crippen LogP contribution in [0.5, 0.6) is 0 Å². The number of hydrogen-bond acceptors (Lipinski definition) is 3. The maximum Gasteiger partial charge on any atom is 0.273 e. The molecular formula is C12H16ClN5O. The minimum Gasteiger partial charge on any atom is -0.334 e. The van der Waals surface area contributed by atoms with E-state index in [1.807, 2.05) is 17.7 Å². The molecule has 102 valence electrons. The molecule has 0 atom stereocenters. The minimum atomic E-state index is -0.158. The number of carbonyl (C=O) groups excluding carboxylic acids is 1. The van der Waals surface area contributed by atoms with E-state index in [0.29, 0.717) is 17.3 Å². The average molecular weight is 282 g/mol. The normalized spacial score (nSPS) is 10.7. The third-order valence-corrected chi connectivity index (χ3v) is 3.22. The first kappa shape index (κ1) is 13.6. The van der Waals surface area contributed by atoms with Crippen LogP contribution < -0.4 is 0 Å². The van der Waals surface area contributed by atoms with Crippen molar-refractivity contribution in [3.05, 3.63) is 34.9 Å². The van der Waals surface area contributed by atoms with E-state index in [1.54, 1.807) is 25.2 Å². The van der Waals surface area contributed by atoms with Gasteiger partial charge in [-0.15, -0.1) is 0 Å². The highest BCUT2D eigenvalue weighted by atomic mass is 35.5. The Hall–Kier alpha value is -1.82. The van der Waals surface area contributed by atoms with Crippen LogP contribution in [0.25, 0.3) is 0 Å². The van der Waals surface area contributed by atoms with Crippen LogP contribution in [0.1, 0.15) is 23.1 Å². The molecule has 1 amide bonds. The molecule has 0 unspecified atom stereocenters. The molecule has 0 spiro atoms. The summed E-state index contributed by atoms with van der Waals surface area (Å²) < 4.78 is 3.34. The van der Waals surface area contributed by atoms with E-state index in [4.69, 9.17) is 11.6 Å². The highest BCUT2D eigenvalue weighted by Crippen LogP contribution is 2.16. The molecule has 6 nitrogen and oxygen atoms in total. The first-order valence-corrected chi connectivity index (χ1v) is 6.36. The van der Waals surface area contributed by atoms with Gasteiger partial charge in [0.2, 0.25) is 0 Å². The topological polar surface area (TPSA) is 56.0 Å². The maximum absolute atomic E-state index is 12.3. The van der Waals surface area contributed by atoms with Gasteiger partial charge >= 0.3 is 0 Å². The Bertz CT molecular complexity index is 569. The third-order valence-electron chi connectivity index (χ3n) is 2.95. The monoisotopic (exact) mass is 281 g/mol. The number of hydrogen-bond donors (Lipinski definition) is 0. The Morgan fingerprint density at radius 2 is 2.21 bits per heavy atom. The zero-order chi connectivity index (χ0) is 14.0. The van der Waals surface area contributed by atoms with Gasteiger partial charge in [0.15, 0.2) is 0 Å². The van der Waals surface area contributed by atoms with Gasteiger partial charge in [0.25, 0.3) is 5.91 Å². The fraction of sp³-hybridized carbons (Fsp3) is 0.417. The van der Waals surface area contributed by atoms with Crippen molar-refractivity contribution >= 4 is 17.5 Å². The molecule has 2 heterocycles. The Morgan fingerprint density at radius 3 is 2.79 bits per heavy atom. The lowest BCUT2D eigenvalue weighted by atomic mass is 10.3. The second-order valence-corrected chi connectivity index (χ2v) is 4.67. The number of halogens is 1. The van der Waals surface area contributed by atoms with Gasteiger partial charge in [-0.3, -0.25) is 14.2 Å². The van der Waals surface area contributed by atoms with Crippen molar-refractivity contribution in [1.82, 2.24) is 24.5 Å². The van der Waals surface area contributed by atoms with E-state index in [0.717, 1.165) is 12.2 Å². The summed E-state index contributed by atoms with van der Waals surface area (Å²) in [5.74, 6) is -0.158. The van der Waals surface area contributed by atoms with Gasteiger partial charge in [0, 0.05) is 26.8 Å². The van der Waals surface area contributed by atoms with Crippen molar-refractivity contribution in [2.75, 3.05) is 7.05 Å². The lowest BCUT2D eigenvalue weighted by Gasteiger charge is -2.18. The summed E-state index contributed by atoms with van der Waals surface area (Å²) >= 11 is 5.98. The van der Waals surface area contributed by atoms with Gasteiger partial charge in [-0.1, -0.05) is 11.6 Å². The van der Waals surface area contributed by atoms with Crippen molar-refractivity contribution in [3.8, 4) is 0 Å². The van der Waals surface area contributed by atoms with E-state index in [1.165, 1.54) is 10.9 Å². The molecule has 0 N–H and O–H groups in total. The molecule has 0 aliphatic heterocycles. The molecule has 0 saturated heterocycles. The van der Waals surface area contributed by atoms with E-state index in [-0.39, 0.29) is 5.91 Å². The summed E-state index contributed by atoms with van der Waals surface area (Å²) in [5, 5.41) is 8.51. The predicted octanol–water partition coefficient (Wildman–Crippen LogP) is 1.56. The standard InChI is InChI=1S/C12H16ClN5O/c1-4-18-9(5-6-14-18)8-16(2)12(19)11-10(13)7-15-17(11)3/h5-7H,4,8H2,1-3H3. The highest BCUT2D eigenvalue weighted by Gasteiger charge is 2.20. The van der Waals surface area contributed by atoms with E-state index in [9.17, 15) is 4.79 Å². The van der Waals surface area contributed by atoms with Crippen molar-refractivity contribution in [1.29, 1.82) is 0 Å². The van der Waals surface area contributed by atoms with Crippen LogP contribution in [0.4, 0.5) is 0 Å². The smallest absolute Gasteiger partial charge is 0.273 e. The maximum atomic E-state index is 12.3. The van der Waals surface area contributed by atoms with Gasteiger partial charge in [-0.2, -0.15) is 10.2 Å². The van der Waals surface area contributed by atoms with Crippen LogP contribution in [0, 0.1) is 0 Å². The molecule has 0 aliphatic carbocycles. The number of amides is 1. The molecule has 0 aromatic carbocycles. The quantitative estimate of drug-likeness (QED) is 0.855. The lowest BCUT2D eigenvalue weighted by Crippen LogP contribution is -2.29. The molecule has 2 aromatic rings. The summed E-state index contributed by atoms with van der Waals surface area (Å²) in [6.07, 6.45) is 3.20. The first-order valence-electron chi connectivity index (χ1n) is 5.98. The molecule has 0 fully saturated rings. The van der Waals surface area contributed by atoms with E-state index in [2.05, 4.69) is 10.2 Å². The summed E-state index contributed by atoms with van der Waals surface area (Å²) in [4.78, 5) is 13.9. The second kappa shape index (κ2) is 5.44. The van der Waals surface area contributed by atoms with Gasteiger partial charge in [-0.25, -0.2) is 0 Å². The van der Waals surface area contributed by atoms with E-state index >= 15 is 0 Å². The van der Waals surface area contributed by atoms with Gasteiger partial charge in [0.05, 0.1) is 23.5 Å². The second-order valence-electron chi connectivity index (χ2n) is 4.26. The van der Waals surface area contributed by atoms with Crippen LogP contribution >= 0.6 is 11.6 Å². The minimum absolute atomic E-state index is 0.158. The van der Waals surface area contributed by atoms with Gasteiger partial charge in [0.1, 0.15) is 5.69 Å². The molecular weight excluding hydrogens is 266 g/mol. The molecule has 0 saturated carbocycles. The summed E-state index contributed by atoms with van der Waals surface area (Å²) in [5.41, 5.74) is 1.38. The van der Waals surface area contributed by atoms with Crippen molar-refractivity contribution < 1.29 is 4.79 Å². The Kier molecular flexibility index (Phi) is 3.90. The molecule has 19 heavy (non-hydrogen) atoms. The predicted molar refractivity (Wildman–Crippen MR) is 71.9 cm³/mol. The highest BCUT2D eigenvalue weighted by molar-refractivity contribution is 6.33. The van der Waals surface area contributed by atoms with Crippen LogP contribution in [-0.4, -0.2) is 37.4 Å². The molecule has 0 aliphatic rings. The Balaban J connectivity index is 2.17. The average Bonchev–Trinajstić information content (AvgIpc) is 2.95. The number of carbonyl (C=O) groups is 1. The number of nitrogens with zero attached hydrogens (tertiary/aromatic N) is 5. The van der Waals surface area contributed by atoms with Crippen LogP contribution in [0.3, 0.4) is 0 Å². The Morgan fingerprint density at radius 1 is 1.47 bits per heavy atom. The first-order chi connectivity index (χ1) is 9.04. The van der Waals surface area contributed by atoms with Crippen LogP contribution in [0.15, 0.2) is 18.5 Å². The molecule has 7 heteroatoms. The van der Waals surface area contributed by atoms with Crippen molar-refractivity contribution in [3.63, 3.8) is 0 Å². The Labute approximate surface area is 116 Å².